The van der Waals surface area contributed by atoms with Crippen molar-refractivity contribution in [1.29, 1.82) is 0 Å². The van der Waals surface area contributed by atoms with Gasteiger partial charge in [-0.25, -0.2) is 4.98 Å². The molecule has 0 bridgehead atoms. The van der Waals surface area contributed by atoms with Gasteiger partial charge in [0.05, 0.1) is 10.2 Å². The van der Waals surface area contributed by atoms with Crippen molar-refractivity contribution in [3.63, 3.8) is 0 Å². The lowest BCUT2D eigenvalue weighted by molar-refractivity contribution is 0.620. The largest absolute Gasteiger partial charge is 0.423 e. The number of aryl methyl sites for hydroxylation is 4. The molecule has 0 fully saturated rings. The summed E-state index contributed by atoms with van der Waals surface area (Å²) in [5.74, 6) is 0. The Morgan fingerprint density at radius 1 is 1.00 bits per heavy atom. The maximum Gasteiger partial charge on any atom is 0.302 e. The van der Waals surface area contributed by atoms with Gasteiger partial charge in [0, 0.05) is 0 Å². The minimum atomic E-state index is 0.488. The van der Waals surface area contributed by atoms with Crippen molar-refractivity contribution in [2.75, 3.05) is 5.32 Å². The number of oxazole rings is 1. The molecule has 0 amide bonds. The Labute approximate surface area is 138 Å². The van der Waals surface area contributed by atoms with E-state index in [1.54, 1.807) is 11.3 Å². The van der Waals surface area contributed by atoms with Gasteiger partial charge in [0.1, 0.15) is 5.52 Å². The molecular weight excluding hydrogens is 306 g/mol. The van der Waals surface area contributed by atoms with Crippen LogP contribution < -0.4 is 5.32 Å². The van der Waals surface area contributed by atoms with Gasteiger partial charge in [-0.1, -0.05) is 23.5 Å². The van der Waals surface area contributed by atoms with E-state index < -0.39 is 0 Å². The highest BCUT2D eigenvalue weighted by Crippen LogP contribution is 2.32. The van der Waals surface area contributed by atoms with E-state index in [4.69, 9.17) is 4.42 Å². The van der Waals surface area contributed by atoms with Crippen LogP contribution in [-0.4, -0.2) is 9.97 Å². The van der Waals surface area contributed by atoms with Crippen LogP contribution in [0.5, 0.6) is 0 Å². The summed E-state index contributed by atoms with van der Waals surface area (Å²) in [5, 5.41) is 4.01. The number of thiazole rings is 1. The molecule has 2 heterocycles. The molecule has 0 atom stereocenters. The quantitative estimate of drug-likeness (QED) is 0.535. The summed E-state index contributed by atoms with van der Waals surface area (Å²) in [7, 11) is 0. The lowest BCUT2D eigenvalue weighted by Crippen LogP contribution is -1.88. The van der Waals surface area contributed by atoms with E-state index in [2.05, 4.69) is 61.2 Å². The predicted octanol–water partition coefficient (Wildman–Crippen LogP) is 5.41. The van der Waals surface area contributed by atoms with Gasteiger partial charge in [-0.3, -0.25) is 5.32 Å². The first kappa shape index (κ1) is 14.2. The fourth-order valence-electron chi connectivity index (χ4n) is 2.79. The second kappa shape index (κ2) is 5.06. The van der Waals surface area contributed by atoms with Crippen LogP contribution in [0.15, 0.2) is 28.7 Å². The zero-order valence-corrected chi connectivity index (χ0v) is 14.3. The lowest BCUT2D eigenvalue weighted by Gasteiger charge is -1.97. The molecule has 0 spiro atoms. The molecule has 4 rings (SSSR count). The number of nitrogens with one attached hydrogen (secondary N) is 1. The van der Waals surface area contributed by atoms with Gasteiger partial charge in [-0.2, -0.15) is 4.98 Å². The van der Waals surface area contributed by atoms with E-state index in [-0.39, 0.29) is 0 Å². The standard InChI is InChI=1S/C18H17N3OS/c1-9-7-11(3)15-14(8-9)23-18(20-15)21-17-19-13-6-5-10(2)12(4)16(13)22-17/h5-8H,1-4H3,(H,19,20,21). The number of fused-ring (bicyclic) bond motifs is 2. The van der Waals surface area contributed by atoms with Crippen LogP contribution in [0.4, 0.5) is 11.1 Å². The second-order valence-electron chi connectivity index (χ2n) is 5.95. The highest BCUT2D eigenvalue weighted by Gasteiger charge is 2.12. The molecule has 2 aromatic carbocycles. The Hall–Kier alpha value is -2.40. The van der Waals surface area contributed by atoms with Gasteiger partial charge in [0.15, 0.2) is 10.7 Å². The van der Waals surface area contributed by atoms with Crippen LogP contribution in [0.3, 0.4) is 0 Å². The van der Waals surface area contributed by atoms with Crippen molar-refractivity contribution >= 4 is 43.8 Å². The maximum atomic E-state index is 5.88. The van der Waals surface area contributed by atoms with Gasteiger partial charge in [-0.05, 0) is 62.1 Å². The van der Waals surface area contributed by atoms with Crippen LogP contribution in [0.2, 0.25) is 0 Å². The number of hydrogen-bond acceptors (Lipinski definition) is 5. The Balaban J connectivity index is 1.76. The van der Waals surface area contributed by atoms with Crippen molar-refractivity contribution in [3.05, 3.63) is 46.5 Å². The van der Waals surface area contributed by atoms with Crippen molar-refractivity contribution in [1.82, 2.24) is 9.97 Å². The first-order chi connectivity index (χ1) is 11.0. The molecule has 0 saturated heterocycles. The highest BCUT2D eigenvalue weighted by molar-refractivity contribution is 7.22. The highest BCUT2D eigenvalue weighted by atomic mass is 32.1. The summed E-state index contributed by atoms with van der Waals surface area (Å²) in [6.45, 7) is 8.31. The Morgan fingerprint density at radius 2 is 1.83 bits per heavy atom. The van der Waals surface area contributed by atoms with Crippen molar-refractivity contribution in [2.45, 2.75) is 27.7 Å². The summed E-state index contributed by atoms with van der Waals surface area (Å²) in [5.41, 5.74) is 7.49. The number of rotatable bonds is 2. The molecule has 4 nitrogen and oxygen atoms in total. The molecule has 23 heavy (non-hydrogen) atoms. The van der Waals surface area contributed by atoms with E-state index in [1.807, 2.05) is 6.07 Å². The van der Waals surface area contributed by atoms with Crippen LogP contribution in [0.1, 0.15) is 22.3 Å². The molecule has 0 aliphatic rings. The summed E-state index contributed by atoms with van der Waals surface area (Å²) < 4.78 is 7.05. The molecule has 0 saturated carbocycles. The molecule has 5 heteroatoms. The van der Waals surface area contributed by atoms with Crippen LogP contribution >= 0.6 is 11.3 Å². The van der Waals surface area contributed by atoms with E-state index in [0.29, 0.717) is 6.01 Å². The third-order valence-electron chi connectivity index (χ3n) is 4.12. The number of benzene rings is 2. The predicted molar refractivity (Wildman–Crippen MR) is 95.9 cm³/mol. The Kier molecular flexibility index (Phi) is 3.13. The monoisotopic (exact) mass is 323 g/mol. The summed E-state index contributed by atoms with van der Waals surface area (Å²) in [6, 6.07) is 8.84. The number of hydrogen-bond donors (Lipinski definition) is 1. The molecule has 4 aromatic rings. The third-order valence-corrected chi connectivity index (χ3v) is 5.04. The smallest absolute Gasteiger partial charge is 0.302 e. The Morgan fingerprint density at radius 3 is 2.65 bits per heavy atom. The normalized spacial score (nSPS) is 11.5. The summed E-state index contributed by atoms with van der Waals surface area (Å²) in [6.07, 6.45) is 0. The number of aromatic nitrogens is 2. The third kappa shape index (κ3) is 2.37. The van der Waals surface area contributed by atoms with Crippen molar-refractivity contribution < 1.29 is 4.42 Å². The van der Waals surface area contributed by atoms with E-state index in [1.165, 1.54) is 21.4 Å². The zero-order valence-electron chi connectivity index (χ0n) is 13.5. The topological polar surface area (TPSA) is 51.0 Å². The van der Waals surface area contributed by atoms with Crippen molar-refractivity contribution in [2.24, 2.45) is 0 Å². The summed E-state index contributed by atoms with van der Waals surface area (Å²) >= 11 is 1.62. The fraction of sp³-hybridized carbons (Fsp3) is 0.222. The van der Waals surface area contributed by atoms with Crippen LogP contribution in [0.25, 0.3) is 21.3 Å². The van der Waals surface area contributed by atoms with Crippen LogP contribution in [-0.2, 0) is 0 Å². The number of nitrogens with zero attached hydrogens (tertiary/aromatic N) is 2. The first-order valence-corrected chi connectivity index (χ1v) is 8.34. The molecule has 0 aliphatic heterocycles. The lowest BCUT2D eigenvalue weighted by atomic mass is 10.1. The zero-order chi connectivity index (χ0) is 16.1. The summed E-state index contributed by atoms with van der Waals surface area (Å²) in [4.78, 5) is 9.18. The van der Waals surface area contributed by atoms with Crippen LogP contribution in [0, 0.1) is 27.7 Å². The van der Waals surface area contributed by atoms with Crippen molar-refractivity contribution in [3.8, 4) is 0 Å². The minimum absolute atomic E-state index is 0.488. The van der Waals surface area contributed by atoms with E-state index in [0.717, 1.165) is 27.3 Å². The molecular formula is C18H17N3OS. The van der Waals surface area contributed by atoms with Gasteiger partial charge in [0.25, 0.3) is 0 Å². The van der Waals surface area contributed by atoms with Gasteiger partial charge in [-0.15, -0.1) is 0 Å². The Bertz CT molecular complexity index is 1050. The minimum Gasteiger partial charge on any atom is -0.423 e. The molecule has 2 aromatic heterocycles. The average molecular weight is 323 g/mol. The number of anilines is 2. The molecule has 116 valence electrons. The second-order valence-corrected chi connectivity index (χ2v) is 6.98. The first-order valence-electron chi connectivity index (χ1n) is 7.53. The maximum absolute atomic E-state index is 5.88. The van der Waals surface area contributed by atoms with E-state index in [9.17, 15) is 0 Å². The van der Waals surface area contributed by atoms with E-state index >= 15 is 0 Å². The molecule has 0 aliphatic carbocycles. The molecule has 1 N–H and O–H groups in total. The SMILES string of the molecule is Cc1cc(C)c2nc(Nc3nc4ccc(C)c(C)c4o3)sc2c1. The molecule has 0 unspecified atom stereocenters. The molecule has 0 radical (unpaired) electrons. The fourth-order valence-corrected chi connectivity index (χ4v) is 3.82. The van der Waals surface area contributed by atoms with Gasteiger partial charge >= 0.3 is 6.01 Å². The van der Waals surface area contributed by atoms with Gasteiger partial charge in [0.2, 0.25) is 0 Å². The average Bonchev–Trinajstić information content (AvgIpc) is 3.07. The van der Waals surface area contributed by atoms with Gasteiger partial charge < -0.3 is 4.42 Å².